The SMILES string of the molecule is CC(=O)c1ccc2c(c1)CCN2C(=O)CCCC1CCC2C3CCC4CCCCC4(C)C3CCC12C. The number of rotatable bonds is 5. The van der Waals surface area contributed by atoms with E-state index in [1.807, 2.05) is 23.1 Å². The zero-order valence-corrected chi connectivity index (χ0v) is 23.0. The van der Waals surface area contributed by atoms with Crippen LogP contribution in [0.25, 0.3) is 0 Å². The van der Waals surface area contributed by atoms with Crippen LogP contribution in [-0.2, 0) is 11.2 Å². The quantitative estimate of drug-likeness (QED) is 0.393. The van der Waals surface area contributed by atoms with Crippen LogP contribution < -0.4 is 4.90 Å². The first-order valence-electron chi connectivity index (χ1n) is 15.3. The lowest BCUT2D eigenvalue weighted by Gasteiger charge is -2.60. The number of hydrogen-bond acceptors (Lipinski definition) is 2. The summed E-state index contributed by atoms with van der Waals surface area (Å²) < 4.78 is 0. The second-order valence-electron chi connectivity index (χ2n) is 13.8. The number of ketones is 1. The highest BCUT2D eigenvalue weighted by atomic mass is 16.2. The van der Waals surface area contributed by atoms with Crippen LogP contribution in [0.2, 0.25) is 0 Å². The zero-order chi connectivity index (χ0) is 25.1. The molecule has 3 heteroatoms. The number of hydrogen-bond donors (Lipinski definition) is 0. The van der Waals surface area contributed by atoms with Gasteiger partial charge in [0.15, 0.2) is 5.78 Å². The highest BCUT2D eigenvalue weighted by Gasteiger charge is 2.59. The standard InChI is InChI=1S/C33H47NO2/c1-22(35)23-10-15-30-24(21-23)17-20-34(30)31(36)9-6-8-26-12-14-28-27-13-11-25-7-4-5-18-32(25,2)29(27)16-19-33(26,28)3/h10,15,21,25-29H,4-9,11-14,16-20H2,1-3H3. The van der Waals surface area contributed by atoms with Crippen LogP contribution in [0.3, 0.4) is 0 Å². The summed E-state index contributed by atoms with van der Waals surface area (Å²) in [5.41, 5.74) is 4.08. The number of nitrogens with zero attached hydrogens (tertiary/aromatic N) is 1. The summed E-state index contributed by atoms with van der Waals surface area (Å²) in [4.78, 5) is 26.9. The highest BCUT2D eigenvalue weighted by molar-refractivity contribution is 5.98. The van der Waals surface area contributed by atoms with E-state index in [-0.39, 0.29) is 11.7 Å². The summed E-state index contributed by atoms with van der Waals surface area (Å²) >= 11 is 0. The van der Waals surface area contributed by atoms with Crippen molar-refractivity contribution in [2.45, 2.75) is 111 Å². The molecule has 0 radical (unpaired) electrons. The molecule has 0 saturated heterocycles. The van der Waals surface area contributed by atoms with Crippen molar-refractivity contribution >= 4 is 17.4 Å². The second-order valence-corrected chi connectivity index (χ2v) is 13.8. The van der Waals surface area contributed by atoms with E-state index in [0.717, 1.165) is 65.8 Å². The van der Waals surface area contributed by atoms with Crippen molar-refractivity contribution in [1.29, 1.82) is 0 Å². The van der Waals surface area contributed by atoms with Gasteiger partial charge in [0.2, 0.25) is 5.91 Å². The molecule has 1 aromatic carbocycles. The maximum absolute atomic E-state index is 13.2. The van der Waals surface area contributed by atoms with Crippen LogP contribution in [0.4, 0.5) is 5.69 Å². The summed E-state index contributed by atoms with van der Waals surface area (Å²) in [6.45, 7) is 7.71. The number of Topliss-reactive ketones (excluding diaryl/α,β-unsaturated/α-hetero) is 1. The van der Waals surface area contributed by atoms with Gasteiger partial charge in [-0.25, -0.2) is 0 Å². The van der Waals surface area contributed by atoms with Gasteiger partial charge in [-0.05, 0) is 142 Å². The predicted octanol–water partition coefficient (Wildman–Crippen LogP) is 8.00. The Kier molecular flexibility index (Phi) is 6.36. The summed E-state index contributed by atoms with van der Waals surface area (Å²) in [7, 11) is 0. The molecule has 36 heavy (non-hydrogen) atoms. The number of amides is 1. The number of carbonyl (C=O) groups excluding carboxylic acids is 2. The molecule has 1 aliphatic heterocycles. The lowest BCUT2D eigenvalue weighted by atomic mass is 9.45. The molecule has 4 saturated carbocycles. The summed E-state index contributed by atoms with van der Waals surface area (Å²) in [5, 5.41) is 0. The van der Waals surface area contributed by atoms with E-state index in [4.69, 9.17) is 0 Å². The van der Waals surface area contributed by atoms with Crippen LogP contribution >= 0.6 is 0 Å². The molecule has 7 atom stereocenters. The Balaban J connectivity index is 1.07. The van der Waals surface area contributed by atoms with E-state index in [1.165, 1.54) is 70.6 Å². The van der Waals surface area contributed by atoms with E-state index in [1.54, 1.807) is 6.92 Å². The lowest BCUT2D eigenvalue weighted by molar-refractivity contribution is -0.119. The Morgan fingerprint density at radius 3 is 2.61 bits per heavy atom. The molecule has 0 N–H and O–H groups in total. The Hall–Kier alpha value is -1.64. The number of anilines is 1. The number of carbonyl (C=O) groups is 2. The van der Waals surface area contributed by atoms with Crippen LogP contribution in [0, 0.1) is 40.4 Å². The zero-order valence-electron chi connectivity index (χ0n) is 23.0. The molecule has 1 amide bonds. The van der Waals surface area contributed by atoms with Gasteiger partial charge in [0, 0.05) is 24.2 Å². The fourth-order valence-electron chi connectivity index (χ4n) is 10.4. The molecule has 6 rings (SSSR count). The molecule has 1 aromatic rings. The first kappa shape index (κ1) is 24.7. The first-order valence-corrected chi connectivity index (χ1v) is 15.3. The Bertz CT molecular complexity index is 1030. The van der Waals surface area contributed by atoms with Crippen molar-refractivity contribution in [1.82, 2.24) is 0 Å². The van der Waals surface area contributed by atoms with Crippen LogP contribution in [0.1, 0.15) is 120 Å². The molecule has 7 unspecified atom stereocenters. The smallest absolute Gasteiger partial charge is 0.226 e. The minimum atomic E-state index is 0.0980. The van der Waals surface area contributed by atoms with Crippen molar-refractivity contribution < 1.29 is 9.59 Å². The van der Waals surface area contributed by atoms with Crippen molar-refractivity contribution in [2.75, 3.05) is 11.4 Å². The van der Waals surface area contributed by atoms with E-state index in [0.29, 0.717) is 17.3 Å². The highest BCUT2D eigenvalue weighted by Crippen LogP contribution is 2.67. The van der Waals surface area contributed by atoms with E-state index >= 15 is 0 Å². The largest absolute Gasteiger partial charge is 0.312 e. The average Bonchev–Trinajstić information content (AvgIpc) is 3.44. The van der Waals surface area contributed by atoms with Crippen LogP contribution in [-0.4, -0.2) is 18.2 Å². The maximum Gasteiger partial charge on any atom is 0.226 e. The van der Waals surface area contributed by atoms with E-state index in [2.05, 4.69) is 13.8 Å². The van der Waals surface area contributed by atoms with Gasteiger partial charge >= 0.3 is 0 Å². The first-order chi connectivity index (χ1) is 17.3. The van der Waals surface area contributed by atoms with Crippen molar-refractivity contribution in [3.8, 4) is 0 Å². The van der Waals surface area contributed by atoms with E-state index in [9.17, 15) is 9.59 Å². The van der Waals surface area contributed by atoms with Gasteiger partial charge in [0.1, 0.15) is 0 Å². The van der Waals surface area contributed by atoms with Crippen LogP contribution in [0.5, 0.6) is 0 Å². The third kappa shape index (κ3) is 3.90. The molecule has 0 bridgehead atoms. The second kappa shape index (κ2) is 9.28. The predicted molar refractivity (Wildman–Crippen MR) is 146 cm³/mol. The molecule has 196 valence electrons. The van der Waals surface area contributed by atoms with Crippen LogP contribution in [0.15, 0.2) is 18.2 Å². The number of benzene rings is 1. The molecule has 4 aliphatic carbocycles. The minimum absolute atomic E-state index is 0.0980. The molecular weight excluding hydrogens is 442 g/mol. The Labute approximate surface area is 218 Å². The van der Waals surface area contributed by atoms with Gasteiger partial charge in [-0.15, -0.1) is 0 Å². The van der Waals surface area contributed by atoms with Gasteiger partial charge in [-0.1, -0.05) is 26.7 Å². The fraction of sp³-hybridized carbons (Fsp3) is 0.758. The van der Waals surface area contributed by atoms with Gasteiger partial charge in [-0.3, -0.25) is 9.59 Å². The van der Waals surface area contributed by atoms with Gasteiger partial charge < -0.3 is 4.90 Å². The van der Waals surface area contributed by atoms with Gasteiger partial charge in [0.05, 0.1) is 0 Å². The molecule has 3 nitrogen and oxygen atoms in total. The Morgan fingerprint density at radius 2 is 1.78 bits per heavy atom. The fourth-order valence-corrected chi connectivity index (χ4v) is 10.4. The van der Waals surface area contributed by atoms with Crippen molar-refractivity contribution in [3.63, 3.8) is 0 Å². The minimum Gasteiger partial charge on any atom is -0.312 e. The normalized spacial score (nSPS) is 39.2. The molecule has 1 heterocycles. The Morgan fingerprint density at radius 1 is 0.944 bits per heavy atom. The third-order valence-corrected chi connectivity index (χ3v) is 12.4. The van der Waals surface area contributed by atoms with Crippen molar-refractivity contribution in [2.24, 2.45) is 40.4 Å². The molecule has 0 aromatic heterocycles. The van der Waals surface area contributed by atoms with Crippen molar-refractivity contribution in [3.05, 3.63) is 29.3 Å². The third-order valence-electron chi connectivity index (χ3n) is 12.4. The average molecular weight is 490 g/mol. The lowest BCUT2D eigenvalue weighted by Crippen LogP contribution is -2.52. The molecule has 4 fully saturated rings. The summed E-state index contributed by atoms with van der Waals surface area (Å²) in [6, 6.07) is 5.85. The molecular formula is C33H47NO2. The monoisotopic (exact) mass is 489 g/mol. The molecule has 0 spiro atoms. The molecule has 5 aliphatic rings. The maximum atomic E-state index is 13.2. The number of fused-ring (bicyclic) bond motifs is 6. The summed E-state index contributed by atoms with van der Waals surface area (Å²) in [5.74, 6) is 5.06. The summed E-state index contributed by atoms with van der Waals surface area (Å²) in [6.07, 6.45) is 18.4. The topological polar surface area (TPSA) is 37.4 Å². The van der Waals surface area contributed by atoms with Gasteiger partial charge in [-0.2, -0.15) is 0 Å². The van der Waals surface area contributed by atoms with E-state index < -0.39 is 0 Å². The van der Waals surface area contributed by atoms with Gasteiger partial charge in [0.25, 0.3) is 0 Å².